The van der Waals surface area contributed by atoms with Crippen LogP contribution in [0.4, 0.5) is 17.3 Å². The minimum absolute atomic E-state index is 0.130. The molecule has 208 valence electrons. The quantitative estimate of drug-likeness (QED) is 0.274. The third-order valence-electron chi connectivity index (χ3n) is 6.82. The third-order valence-corrected chi connectivity index (χ3v) is 6.82. The summed E-state index contributed by atoms with van der Waals surface area (Å²) < 4.78 is 28.5. The van der Waals surface area contributed by atoms with E-state index in [0.29, 0.717) is 35.5 Å². The molecule has 3 heterocycles. The molecule has 0 bridgehead atoms. The van der Waals surface area contributed by atoms with Gasteiger partial charge in [0.15, 0.2) is 11.5 Å². The maximum Gasteiger partial charge on any atom is 0.227 e. The molecule has 5 rings (SSSR count). The molecule has 0 spiro atoms. The molecule has 2 aliphatic heterocycles. The summed E-state index contributed by atoms with van der Waals surface area (Å²) in [7, 11) is 1.64. The fourth-order valence-electron chi connectivity index (χ4n) is 4.66. The summed E-state index contributed by atoms with van der Waals surface area (Å²) in [6, 6.07) is 13.3. The first-order chi connectivity index (χ1) is 19.2. The lowest BCUT2D eigenvalue weighted by atomic mass is 10.1. The minimum atomic E-state index is 0.130. The number of nitrogens with one attached hydrogen (secondary N) is 1. The average molecular weight is 536 g/mol. The SMILES string of the molecule is COc1ccc(Nc2nccc(-c3ccc(OC4CCOCC4)c(N)c3)n2)cc1OCCCN1CCOCC1. The third kappa shape index (κ3) is 7.50. The maximum absolute atomic E-state index is 6.32. The Morgan fingerprint density at radius 2 is 1.77 bits per heavy atom. The lowest BCUT2D eigenvalue weighted by Gasteiger charge is -2.26. The molecule has 0 aliphatic carbocycles. The highest BCUT2D eigenvalue weighted by Gasteiger charge is 2.17. The van der Waals surface area contributed by atoms with Crippen molar-refractivity contribution < 1.29 is 23.7 Å². The van der Waals surface area contributed by atoms with Gasteiger partial charge < -0.3 is 34.7 Å². The molecule has 2 aliphatic rings. The number of anilines is 3. The smallest absolute Gasteiger partial charge is 0.227 e. The van der Waals surface area contributed by atoms with Crippen LogP contribution in [0.1, 0.15) is 19.3 Å². The van der Waals surface area contributed by atoms with E-state index in [9.17, 15) is 0 Å². The number of rotatable bonds is 11. The van der Waals surface area contributed by atoms with Gasteiger partial charge in [0.2, 0.25) is 5.95 Å². The minimum Gasteiger partial charge on any atom is -0.493 e. The van der Waals surface area contributed by atoms with Crippen LogP contribution in [0.15, 0.2) is 48.7 Å². The summed E-state index contributed by atoms with van der Waals surface area (Å²) in [6.07, 6.45) is 4.52. The number of hydrogen-bond donors (Lipinski definition) is 2. The van der Waals surface area contributed by atoms with E-state index in [1.165, 1.54) is 0 Å². The van der Waals surface area contributed by atoms with E-state index in [4.69, 9.17) is 34.4 Å². The number of hydrogen-bond acceptors (Lipinski definition) is 10. The first-order valence-corrected chi connectivity index (χ1v) is 13.5. The van der Waals surface area contributed by atoms with Crippen LogP contribution in [0.3, 0.4) is 0 Å². The molecule has 0 unspecified atom stereocenters. The van der Waals surface area contributed by atoms with Gasteiger partial charge >= 0.3 is 0 Å². The molecule has 0 atom stereocenters. The summed E-state index contributed by atoms with van der Waals surface area (Å²) in [4.78, 5) is 11.5. The summed E-state index contributed by atoms with van der Waals surface area (Å²) in [5, 5.41) is 3.28. The molecule has 0 amide bonds. The summed E-state index contributed by atoms with van der Waals surface area (Å²) in [5.74, 6) is 2.51. The van der Waals surface area contributed by atoms with Crippen molar-refractivity contribution in [3.8, 4) is 28.5 Å². The van der Waals surface area contributed by atoms with Crippen molar-refractivity contribution >= 4 is 17.3 Å². The highest BCUT2D eigenvalue weighted by molar-refractivity contribution is 5.69. The first kappa shape index (κ1) is 27.0. The molecule has 0 radical (unpaired) electrons. The molecule has 2 saturated heterocycles. The van der Waals surface area contributed by atoms with Crippen LogP contribution >= 0.6 is 0 Å². The molecular weight excluding hydrogens is 498 g/mol. The number of aromatic nitrogens is 2. The highest BCUT2D eigenvalue weighted by atomic mass is 16.5. The maximum atomic E-state index is 6.32. The van der Waals surface area contributed by atoms with Gasteiger partial charge in [-0.1, -0.05) is 0 Å². The Morgan fingerprint density at radius 1 is 0.974 bits per heavy atom. The molecule has 39 heavy (non-hydrogen) atoms. The summed E-state index contributed by atoms with van der Waals surface area (Å²) >= 11 is 0. The van der Waals surface area contributed by atoms with Crippen LogP contribution in [0.25, 0.3) is 11.3 Å². The average Bonchev–Trinajstić information content (AvgIpc) is 2.98. The first-order valence-electron chi connectivity index (χ1n) is 13.5. The zero-order valence-corrected chi connectivity index (χ0v) is 22.4. The van der Waals surface area contributed by atoms with Crippen LogP contribution in [0.5, 0.6) is 17.2 Å². The molecule has 10 nitrogen and oxygen atoms in total. The van der Waals surface area contributed by atoms with Crippen molar-refractivity contribution in [2.45, 2.75) is 25.4 Å². The van der Waals surface area contributed by atoms with E-state index in [2.05, 4.69) is 15.2 Å². The van der Waals surface area contributed by atoms with Crippen molar-refractivity contribution in [1.29, 1.82) is 0 Å². The van der Waals surface area contributed by atoms with Crippen LogP contribution in [0.2, 0.25) is 0 Å². The Balaban J connectivity index is 1.21. The second-order valence-electron chi connectivity index (χ2n) is 9.59. The standard InChI is InChI=1S/C29H37N5O5/c1-35-27-6-4-22(20-28(27)38-14-2-11-34-12-17-37-18-13-34)32-29-31-10-7-25(33-29)21-3-5-26(24(30)19-21)39-23-8-15-36-16-9-23/h3-7,10,19-20,23H,2,8-9,11-18,30H2,1H3,(H,31,32,33). The van der Waals surface area contributed by atoms with E-state index in [1.807, 2.05) is 42.5 Å². The predicted molar refractivity (Wildman–Crippen MR) is 150 cm³/mol. The zero-order chi connectivity index (χ0) is 26.9. The van der Waals surface area contributed by atoms with Crippen molar-refractivity contribution in [3.63, 3.8) is 0 Å². The van der Waals surface area contributed by atoms with Crippen LogP contribution in [0, 0.1) is 0 Å². The Morgan fingerprint density at radius 3 is 2.56 bits per heavy atom. The highest BCUT2D eigenvalue weighted by Crippen LogP contribution is 2.32. The number of ether oxygens (including phenoxy) is 5. The van der Waals surface area contributed by atoms with Gasteiger partial charge in [-0.15, -0.1) is 0 Å². The second kappa shape index (κ2) is 13.5. The normalized spacial score (nSPS) is 16.5. The Labute approximate surface area is 229 Å². The molecule has 10 heteroatoms. The number of benzene rings is 2. The van der Waals surface area contributed by atoms with Gasteiger partial charge in [0.1, 0.15) is 11.9 Å². The van der Waals surface area contributed by atoms with Crippen molar-refractivity contribution in [2.24, 2.45) is 0 Å². The number of nitrogen functional groups attached to an aromatic ring is 1. The lowest BCUT2D eigenvalue weighted by Crippen LogP contribution is -2.37. The monoisotopic (exact) mass is 535 g/mol. The summed E-state index contributed by atoms with van der Waals surface area (Å²) in [6.45, 7) is 6.57. The number of nitrogens with two attached hydrogens (primary N) is 1. The fourth-order valence-corrected chi connectivity index (χ4v) is 4.66. The van der Waals surface area contributed by atoms with Gasteiger partial charge in [-0.3, -0.25) is 4.90 Å². The largest absolute Gasteiger partial charge is 0.493 e. The lowest BCUT2D eigenvalue weighted by molar-refractivity contribution is 0.0259. The molecule has 1 aromatic heterocycles. The molecular formula is C29H37N5O5. The van der Waals surface area contributed by atoms with Crippen molar-refractivity contribution in [2.75, 3.05) is 70.8 Å². The van der Waals surface area contributed by atoms with Crippen LogP contribution in [-0.4, -0.2) is 80.8 Å². The van der Waals surface area contributed by atoms with Crippen LogP contribution in [-0.2, 0) is 9.47 Å². The van der Waals surface area contributed by atoms with Gasteiger partial charge in [0.25, 0.3) is 0 Å². The number of methoxy groups -OCH3 is 1. The Hall–Kier alpha value is -3.60. The topological polar surface area (TPSA) is 113 Å². The van der Waals surface area contributed by atoms with E-state index in [-0.39, 0.29) is 6.10 Å². The molecule has 3 N–H and O–H groups in total. The zero-order valence-electron chi connectivity index (χ0n) is 22.4. The molecule has 2 aromatic carbocycles. The Bertz CT molecular complexity index is 1210. The number of morpholine rings is 1. The predicted octanol–water partition coefficient (Wildman–Crippen LogP) is 4.14. The molecule has 2 fully saturated rings. The van der Waals surface area contributed by atoms with E-state index in [0.717, 1.165) is 82.3 Å². The van der Waals surface area contributed by atoms with Gasteiger partial charge in [0.05, 0.1) is 51.5 Å². The van der Waals surface area contributed by atoms with Gasteiger partial charge in [-0.05, 0) is 42.8 Å². The fraction of sp³-hybridized carbons (Fsp3) is 0.448. The van der Waals surface area contributed by atoms with E-state index < -0.39 is 0 Å². The van der Waals surface area contributed by atoms with Gasteiger partial charge in [0, 0.05) is 56.0 Å². The number of nitrogens with zero attached hydrogens (tertiary/aromatic N) is 3. The van der Waals surface area contributed by atoms with E-state index >= 15 is 0 Å². The second-order valence-corrected chi connectivity index (χ2v) is 9.59. The van der Waals surface area contributed by atoms with E-state index in [1.54, 1.807) is 13.3 Å². The molecule has 0 saturated carbocycles. The Kier molecular flexibility index (Phi) is 9.31. The van der Waals surface area contributed by atoms with Gasteiger partial charge in [-0.2, -0.15) is 0 Å². The van der Waals surface area contributed by atoms with Crippen LogP contribution < -0.4 is 25.3 Å². The molecule has 3 aromatic rings. The van der Waals surface area contributed by atoms with Crippen molar-refractivity contribution in [3.05, 3.63) is 48.7 Å². The summed E-state index contributed by atoms with van der Waals surface area (Å²) in [5.41, 5.74) is 9.35. The van der Waals surface area contributed by atoms with Crippen molar-refractivity contribution in [1.82, 2.24) is 14.9 Å². The van der Waals surface area contributed by atoms with Gasteiger partial charge in [-0.25, -0.2) is 9.97 Å².